The Balaban J connectivity index is 2.65. The minimum atomic E-state index is 0.714. The molecule has 0 saturated carbocycles. The lowest BCUT2D eigenvalue weighted by Crippen LogP contribution is -2.04. The molecule has 0 aromatic heterocycles. The molecule has 13 heavy (non-hydrogen) atoms. The van der Waals surface area contributed by atoms with E-state index in [1.807, 2.05) is 31.3 Å². The van der Waals surface area contributed by atoms with Crippen LogP contribution in [-0.4, -0.2) is 20.7 Å². The number of hydrogen-bond donors (Lipinski definition) is 1. The summed E-state index contributed by atoms with van der Waals surface area (Å²) in [6.45, 7) is 0.714. The van der Waals surface area contributed by atoms with Gasteiger partial charge in [0.05, 0.1) is 13.7 Å². The second-order valence-corrected chi connectivity index (χ2v) is 2.56. The van der Waals surface area contributed by atoms with Gasteiger partial charge in [-0.2, -0.15) is 0 Å². The molecule has 0 bridgehead atoms. The lowest BCUT2D eigenvalue weighted by atomic mass is 10.2. The van der Waals surface area contributed by atoms with E-state index in [0.717, 1.165) is 11.3 Å². The van der Waals surface area contributed by atoms with Crippen LogP contribution in [0.4, 0.5) is 0 Å². The van der Waals surface area contributed by atoms with E-state index in [-0.39, 0.29) is 0 Å². The third-order valence-electron chi connectivity index (χ3n) is 1.59. The minimum Gasteiger partial charge on any atom is -0.497 e. The molecule has 1 aromatic rings. The summed E-state index contributed by atoms with van der Waals surface area (Å²) in [5.41, 5.74) is 1.01. The second-order valence-electron chi connectivity index (χ2n) is 2.56. The first-order valence-electron chi connectivity index (χ1n) is 4.14. The smallest absolute Gasteiger partial charge is 0.118 e. The molecule has 1 N–H and O–H groups in total. The number of benzene rings is 1. The molecule has 0 amide bonds. The number of hydrogen-bond acceptors (Lipinski definition) is 2. The van der Waals surface area contributed by atoms with Crippen molar-refractivity contribution < 1.29 is 4.74 Å². The number of ether oxygens (including phenoxy) is 1. The summed E-state index contributed by atoms with van der Waals surface area (Å²) in [6.07, 6.45) is 0. The zero-order chi connectivity index (χ0) is 9.52. The van der Waals surface area contributed by atoms with Crippen molar-refractivity contribution in [2.24, 2.45) is 0 Å². The van der Waals surface area contributed by atoms with Gasteiger partial charge in [0.25, 0.3) is 0 Å². The molecule has 0 aliphatic rings. The van der Waals surface area contributed by atoms with Crippen LogP contribution in [0.3, 0.4) is 0 Å². The summed E-state index contributed by atoms with van der Waals surface area (Å²) in [4.78, 5) is 0. The van der Waals surface area contributed by atoms with Crippen LogP contribution in [0.2, 0.25) is 0 Å². The molecular formula is C11H13NO. The highest BCUT2D eigenvalue weighted by molar-refractivity contribution is 5.38. The average molecular weight is 175 g/mol. The van der Waals surface area contributed by atoms with E-state index in [2.05, 4.69) is 17.2 Å². The summed E-state index contributed by atoms with van der Waals surface area (Å²) in [6, 6.07) is 7.70. The molecule has 0 aliphatic carbocycles. The third-order valence-corrected chi connectivity index (χ3v) is 1.59. The fraction of sp³-hybridized carbons (Fsp3) is 0.273. The van der Waals surface area contributed by atoms with E-state index in [0.29, 0.717) is 6.54 Å². The SMILES string of the molecule is CNCC#Cc1ccc(OC)cc1. The molecule has 0 heterocycles. The molecule has 0 aliphatic heterocycles. The molecule has 0 radical (unpaired) electrons. The Morgan fingerprint density at radius 2 is 2.00 bits per heavy atom. The lowest BCUT2D eigenvalue weighted by Gasteiger charge is -1.97. The van der Waals surface area contributed by atoms with Gasteiger partial charge in [-0.15, -0.1) is 0 Å². The number of nitrogens with one attached hydrogen (secondary N) is 1. The largest absolute Gasteiger partial charge is 0.497 e. The monoisotopic (exact) mass is 175 g/mol. The van der Waals surface area contributed by atoms with Crippen molar-refractivity contribution >= 4 is 0 Å². The first-order chi connectivity index (χ1) is 6.36. The third kappa shape index (κ3) is 3.18. The van der Waals surface area contributed by atoms with Gasteiger partial charge in [0.1, 0.15) is 5.75 Å². The summed E-state index contributed by atoms with van der Waals surface area (Å²) >= 11 is 0. The first kappa shape index (κ1) is 9.63. The second kappa shape index (κ2) is 5.23. The van der Waals surface area contributed by atoms with E-state index in [9.17, 15) is 0 Å². The quantitative estimate of drug-likeness (QED) is 0.683. The zero-order valence-electron chi connectivity index (χ0n) is 7.92. The highest BCUT2D eigenvalue weighted by Crippen LogP contribution is 2.09. The van der Waals surface area contributed by atoms with Crippen LogP contribution in [0.1, 0.15) is 5.56 Å². The Bertz CT molecular complexity index is 305. The Morgan fingerprint density at radius 3 is 2.54 bits per heavy atom. The van der Waals surface area contributed by atoms with Crippen molar-refractivity contribution in [3.8, 4) is 17.6 Å². The Morgan fingerprint density at radius 1 is 1.31 bits per heavy atom. The maximum Gasteiger partial charge on any atom is 0.118 e. The van der Waals surface area contributed by atoms with Crippen LogP contribution in [0.5, 0.6) is 5.75 Å². The standard InChI is InChI=1S/C11H13NO/c1-12-9-3-4-10-5-7-11(13-2)8-6-10/h5-8,12H,9H2,1-2H3. The first-order valence-corrected chi connectivity index (χ1v) is 4.14. The molecule has 68 valence electrons. The van der Waals surface area contributed by atoms with Crippen LogP contribution in [0.15, 0.2) is 24.3 Å². The van der Waals surface area contributed by atoms with E-state index in [1.165, 1.54) is 0 Å². The van der Waals surface area contributed by atoms with Crippen molar-refractivity contribution in [1.29, 1.82) is 0 Å². The van der Waals surface area contributed by atoms with E-state index < -0.39 is 0 Å². The maximum atomic E-state index is 5.03. The maximum absolute atomic E-state index is 5.03. The molecule has 1 aromatic carbocycles. The summed E-state index contributed by atoms with van der Waals surface area (Å²) in [5.74, 6) is 6.88. The molecule has 0 fully saturated rings. The van der Waals surface area contributed by atoms with Gasteiger partial charge in [-0.1, -0.05) is 11.8 Å². The minimum absolute atomic E-state index is 0.714. The predicted molar refractivity (Wildman–Crippen MR) is 53.8 cm³/mol. The molecule has 0 spiro atoms. The fourth-order valence-corrected chi connectivity index (χ4v) is 0.909. The molecule has 2 heteroatoms. The molecular weight excluding hydrogens is 162 g/mol. The van der Waals surface area contributed by atoms with Crippen LogP contribution in [-0.2, 0) is 0 Å². The topological polar surface area (TPSA) is 21.3 Å². The summed E-state index contributed by atoms with van der Waals surface area (Å²) < 4.78 is 5.03. The van der Waals surface area contributed by atoms with Crippen molar-refractivity contribution in [2.75, 3.05) is 20.7 Å². The van der Waals surface area contributed by atoms with Gasteiger partial charge in [-0.25, -0.2) is 0 Å². The van der Waals surface area contributed by atoms with E-state index >= 15 is 0 Å². The Labute approximate surface area is 78.9 Å². The van der Waals surface area contributed by atoms with Crippen LogP contribution in [0.25, 0.3) is 0 Å². The van der Waals surface area contributed by atoms with Gasteiger partial charge in [0.15, 0.2) is 0 Å². The normalized spacial score (nSPS) is 8.77. The Kier molecular flexibility index (Phi) is 3.87. The highest BCUT2D eigenvalue weighted by Gasteiger charge is 1.88. The van der Waals surface area contributed by atoms with E-state index in [1.54, 1.807) is 7.11 Å². The van der Waals surface area contributed by atoms with Crippen LogP contribution >= 0.6 is 0 Å². The Hall–Kier alpha value is -1.46. The van der Waals surface area contributed by atoms with Gasteiger partial charge in [-0.3, -0.25) is 0 Å². The van der Waals surface area contributed by atoms with Gasteiger partial charge in [0, 0.05) is 5.56 Å². The highest BCUT2D eigenvalue weighted by atomic mass is 16.5. The van der Waals surface area contributed by atoms with Crippen LogP contribution in [0, 0.1) is 11.8 Å². The summed E-state index contributed by atoms with van der Waals surface area (Å²) in [7, 11) is 3.53. The van der Waals surface area contributed by atoms with Gasteiger partial charge in [-0.05, 0) is 31.3 Å². The van der Waals surface area contributed by atoms with Crippen molar-refractivity contribution in [3.63, 3.8) is 0 Å². The molecule has 0 atom stereocenters. The van der Waals surface area contributed by atoms with E-state index in [4.69, 9.17) is 4.74 Å². The lowest BCUT2D eigenvalue weighted by molar-refractivity contribution is 0.415. The fourth-order valence-electron chi connectivity index (χ4n) is 0.909. The zero-order valence-corrected chi connectivity index (χ0v) is 7.92. The summed E-state index contributed by atoms with van der Waals surface area (Å²) in [5, 5.41) is 2.96. The van der Waals surface area contributed by atoms with Gasteiger partial charge in [0.2, 0.25) is 0 Å². The molecule has 2 nitrogen and oxygen atoms in total. The molecule has 1 rings (SSSR count). The predicted octanol–water partition coefficient (Wildman–Crippen LogP) is 1.27. The van der Waals surface area contributed by atoms with Gasteiger partial charge < -0.3 is 10.1 Å². The molecule has 0 saturated heterocycles. The number of methoxy groups -OCH3 is 1. The van der Waals surface area contributed by atoms with Crippen LogP contribution < -0.4 is 10.1 Å². The van der Waals surface area contributed by atoms with Crippen molar-refractivity contribution in [1.82, 2.24) is 5.32 Å². The van der Waals surface area contributed by atoms with Gasteiger partial charge >= 0.3 is 0 Å². The van der Waals surface area contributed by atoms with Crippen molar-refractivity contribution in [3.05, 3.63) is 29.8 Å². The van der Waals surface area contributed by atoms with Crippen molar-refractivity contribution in [2.45, 2.75) is 0 Å². The number of rotatable bonds is 2. The average Bonchev–Trinajstić information content (AvgIpc) is 2.19. The molecule has 0 unspecified atom stereocenters.